The van der Waals surface area contributed by atoms with Crippen molar-refractivity contribution >= 4 is 53.3 Å². The number of benzene rings is 8. The molecular weight excluding hydrogens is 753 g/mol. The molecular formula is C53H30N6S. The normalized spacial score (nSPS) is 11.3. The molecule has 0 aliphatic rings. The van der Waals surface area contributed by atoms with Crippen LogP contribution in [-0.4, -0.2) is 19.5 Å². The first-order valence-corrected chi connectivity index (χ1v) is 20.4. The molecule has 0 fully saturated rings. The Morgan fingerprint density at radius 3 is 1.72 bits per heavy atom. The van der Waals surface area contributed by atoms with Crippen molar-refractivity contribution in [1.29, 1.82) is 10.5 Å². The summed E-state index contributed by atoms with van der Waals surface area (Å²) in [6.45, 7) is 0. The zero-order chi connectivity index (χ0) is 40.2. The van der Waals surface area contributed by atoms with Crippen molar-refractivity contribution in [3.8, 4) is 74.2 Å². The Morgan fingerprint density at radius 1 is 0.400 bits per heavy atom. The van der Waals surface area contributed by atoms with Crippen LogP contribution in [0.3, 0.4) is 0 Å². The number of hydrogen-bond acceptors (Lipinski definition) is 6. The van der Waals surface area contributed by atoms with Crippen LogP contribution in [0.2, 0.25) is 0 Å². The zero-order valence-electron chi connectivity index (χ0n) is 31.9. The molecule has 0 saturated heterocycles. The number of rotatable bonds is 6. The van der Waals surface area contributed by atoms with Crippen molar-refractivity contribution in [3.63, 3.8) is 0 Å². The van der Waals surface area contributed by atoms with Gasteiger partial charge in [0.25, 0.3) is 0 Å². The van der Waals surface area contributed by atoms with Crippen LogP contribution in [0, 0.1) is 22.7 Å². The molecule has 0 atom stereocenters. The van der Waals surface area contributed by atoms with Crippen LogP contribution in [0.5, 0.6) is 0 Å². The Labute approximate surface area is 349 Å². The average molecular weight is 783 g/mol. The molecule has 3 aromatic heterocycles. The lowest BCUT2D eigenvalue weighted by Gasteiger charge is -2.16. The van der Waals surface area contributed by atoms with Crippen molar-refractivity contribution in [2.75, 3.05) is 0 Å². The first-order valence-electron chi connectivity index (χ1n) is 19.5. The molecule has 0 radical (unpaired) electrons. The zero-order valence-corrected chi connectivity index (χ0v) is 32.7. The number of nitrogens with zero attached hydrogens (tertiary/aromatic N) is 6. The highest BCUT2D eigenvalue weighted by Gasteiger charge is 2.22. The summed E-state index contributed by atoms with van der Waals surface area (Å²) in [4.78, 5) is 15.6. The van der Waals surface area contributed by atoms with E-state index in [0.717, 1.165) is 66.4 Å². The van der Waals surface area contributed by atoms with Crippen LogP contribution in [0.4, 0.5) is 0 Å². The molecule has 0 spiro atoms. The molecule has 6 nitrogen and oxygen atoms in total. The van der Waals surface area contributed by atoms with Crippen LogP contribution < -0.4 is 0 Å². The first-order chi connectivity index (χ1) is 29.6. The molecule has 0 unspecified atom stereocenters. The smallest absolute Gasteiger partial charge is 0.166 e. The summed E-state index contributed by atoms with van der Waals surface area (Å²) in [6.07, 6.45) is 0. The summed E-state index contributed by atoms with van der Waals surface area (Å²) in [5.41, 5.74) is 10.4. The molecule has 0 aliphatic carbocycles. The van der Waals surface area contributed by atoms with E-state index >= 15 is 0 Å². The fraction of sp³-hybridized carbons (Fsp3) is 0. The van der Waals surface area contributed by atoms with E-state index in [1.165, 1.54) is 20.2 Å². The number of thiophene rings is 1. The third kappa shape index (κ3) is 5.89. The van der Waals surface area contributed by atoms with Gasteiger partial charge in [0, 0.05) is 47.6 Å². The summed E-state index contributed by atoms with van der Waals surface area (Å²) in [5, 5.41) is 24.1. The Bertz CT molecular complexity index is 3480. The topological polar surface area (TPSA) is 91.2 Å². The molecule has 0 N–H and O–H groups in total. The van der Waals surface area contributed by atoms with Crippen molar-refractivity contribution in [3.05, 3.63) is 193 Å². The van der Waals surface area contributed by atoms with Crippen molar-refractivity contribution in [2.24, 2.45) is 0 Å². The highest BCUT2D eigenvalue weighted by molar-refractivity contribution is 7.26. The number of fused-ring (bicyclic) bond motifs is 6. The van der Waals surface area contributed by atoms with E-state index in [0.29, 0.717) is 28.6 Å². The van der Waals surface area contributed by atoms with Crippen LogP contribution in [-0.2, 0) is 0 Å². The lowest BCUT2D eigenvalue weighted by atomic mass is 9.98. The van der Waals surface area contributed by atoms with Gasteiger partial charge in [-0.25, -0.2) is 15.0 Å². The molecule has 0 bridgehead atoms. The third-order valence-corrected chi connectivity index (χ3v) is 12.3. The maximum Gasteiger partial charge on any atom is 0.166 e. The number of nitriles is 2. The molecule has 8 aromatic carbocycles. The molecule has 3 heterocycles. The fourth-order valence-corrected chi connectivity index (χ4v) is 9.55. The lowest BCUT2D eigenvalue weighted by molar-refractivity contribution is 1.06. The molecule has 278 valence electrons. The maximum atomic E-state index is 9.76. The van der Waals surface area contributed by atoms with Crippen LogP contribution >= 0.6 is 11.3 Å². The summed E-state index contributed by atoms with van der Waals surface area (Å²) in [6, 6.07) is 66.4. The van der Waals surface area contributed by atoms with Gasteiger partial charge in [-0.15, -0.1) is 11.3 Å². The molecule has 60 heavy (non-hydrogen) atoms. The number of aromatic nitrogens is 4. The van der Waals surface area contributed by atoms with Gasteiger partial charge in [-0.1, -0.05) is 127 Å². The highest BCUT2D eigenvalue weighted by Crippen LogP contribution is 2.43. The molecule has 11 rings (SSSR count). The second-order valence-corrected chi connectivity index (χ2v) is 15.7. The van der Waals surface area contributed by atoms with E-state index in [1.807, 2.05) is 84.1 Å². The molecule has 0 saturated carbocycles. The third-order valence-electron chi connectivity index (χ3n) is 11.1. The van der Waals surface area contributed by atoms with E-state index in [-0.39, 0.29) is 0 Å². The largest absolute Gasteiger partial charge is 0.309 e. The predicted molar refractivity (Wildman–Crippen MR) is 244 cm³/mol. The van der Waals surface area contributed by atoms with Crippen molar-refractivity contribution < 1.29 is 0 Å². The summed E-state index contributed by atoms with van der Waals surface area (Å²) < 4.78 is 4.78. The van der Waals surface area contributed by atoms with E-state index in [9.17, 15) is 10.5 Å². The van der Waals surface area contributed by atoms with E-state index in [4.69, 9.17) is 15.0 Å². The second kappa shape index (κ2) is 14.3. The van der Waals surface area contributed by atoms with E-state index < -0.39 is 0 Å². The van der Waals surface area contributed by atoms with Crippen LogP contribution in [0.25, 0.3) is 104 Å². The van der Waals surface area contributed by atoms with Gasteiger partial charge in [-0.05, 0) is 76.9 Å². The second-order valence-electron chi connectivity index (χ2n) is 14.7. The van der Waals surface area contributed by atoms with Gasteiger partial charge in [0.2, 0.25) is 0 Å². The quantitative estimate of drug-likeness (QED) is 0.167. The van der Waals surface area contributed by atoms with E-state index in [2.05, 4.69) is 120 Å². The van der Waals surface area contributed by atoms with Gasteiger partial charge in [0.1, 0.15) is 0 Å². The Balaban J connectivity index is 1.20. The summed E-state index contributed by atoms with van der Waals surface area (Å²) >= 11 is 1.81. The first kappa shape index (κ1) is 35.0. The van der Waals surface area contributed by atoms with Gasteiger partial charge in [0.15, 0.2) is 17.5 Å². The minimum Gasteiger partial charge on any atom is -0.309 e. The SMILES string of the molecule is N#Cc1cc(C#N)cc(-c2ccc3c(c2)c2ccccc2n3-c2ccc(-c3cccc4c3sc3ccccc34)cc2-c2nc(-c3ccccc3)nc(-c3ccccc3)n2)c1. The number of para-hydroxylation sites is 1. The standard InChI is InChI=1S/C53H30N6S/c54-31-33-26-34(32-55)28-39(27-33)37-22-24-47-44(29-37)41-16-7-9-20-46(41)59(47)48-25-23-38(40-18-11-19-43-42-17-8-10-21-49(42)60-50(40)43)30-45(48)53-57-51(35-12-3-1-4-13-35)56-52(58-53)36-14-5-2-6-15-36/h1-30H. The van der Waals surface area contributed by atoms with Crippen LogP contribution in [0.15, 0.2) is 182 Å². The van der Waals surface area contributed by atoms with Crippen LogP contribution in [0.1, 0.15) is 11.1 Å². The van der Waals surface area contributed by atoms with Gasteiger partial charge in [-0.3, -0.25) is 0 Å². The molecule has 0 aliphatic heterocycles. The Hall–Kier alpha value is -8.23. The van der Waals surface area contributed by atoms with Gasteiger partial charge < -0.3 is 4.57 Å². The van der Waals surface area contributed by atoms with Crippen molar-refractivity contribution in [1.82, 2.24) is 19.5 Å². The molecule has 0 amide bonds. The summed E-state index contributed by atoms with van der Waals surface area (Å²) in [5.74, 6) is 1.74. The Morgan fingerprint density at radius 2 is 1.00 bits per heavy atom. The van der Waals surface area contributed by atoms with E-state index in [1.54, 1.807) is 6.07 Å². The summed E-state index contributed by atoms with van der Waals surface area (Å²) in [7, 11) is 0. The molecule has 7 heteroatoms. The molecule has 11 aromatic rings. The van der Waals surface area contributed by atoms with Gasteiger partial charge >= 0.3 is 0 Å². The Kier molecular flexibility index (Phi) is 8.34. The lowest BCUT2D eigenvalue weighted by Crippen LogP contribution is -2.04. The highest BCUT2D eigenvalue weighted by atomic mass is 32.1. The minimum absolute atomic E-state index is 0.449. The van der Waals surface area contributed by atoms with Gasteiger partial charge in [-0.2, -0.15) is 10.5 Å². The monoisotopic (exact) mass is 782 g/mol. The maximum absolute atomic E-state index is 9.76. The predicted octanol–water partition coefficient (Wildman–Crippen LogP) is 13.4. The minimum atomic E-state index is 0.449. The fourth-order valence-electron chi connectivity index (χ4n) is 8.32. The number of hydrogen-bond donors (Lipinski definition) is 0. The average Bonchev–Trinajstić information content (AvgIpc) is 3.87. The van der Waals surface area contributed by atoms with Crippen molar-refractivity contribution in [2.45, 2.75) is 0 Å². The van der Waals surface area contributed by atoms with Gasteiger partial charge in [0.05, 0.1) is 40.0 Å².